The van der Waals surface area contributed by atoms with Crippen LogP contribution < -0.4 is 10.6 Å². The quantitative estimate of drug-likeness (QED) is 0.600. The van der Waals surface area contributed by atoms with E-state index in [1.165, 1.54) is 18.2 Å². The fraction of sp³-hybridized carbons (Fsp3) is 0.333. The number of carboxylic acid groups (broad SMARTS) is 1. The summed E-state index contributed by atoms with van der Waals surface area (Å²) in [6.07, 6.45) is 0.0276. The van der Waals surface area contributed by atoms with E-state index < -0.39 is 16.8 Å². The van der Waals surface area contributed by atoms with Gasteiger partial charge in [-0.3, -0.25) is 19.7 Å². The Bertz CT molecular complexity index is 580. The van der Waals surface area contributed by atoms with E-state index >= 15 is 0 Å². The smallest absolute Gasteiger partial charge is 0.303 e. The van der Waals surface area contributed by atoms with Crippen molar-refractivity contribution in [1.29, 1.82) is 0 Å². The molecule has 0 saturated carbocycles. The van der Waals surface area contributed by atoms with E-state index in [0.717, 1.165) is 0 Å². The number of nitro groups is 1. The predicted molar refractivity (Wildman–Crippen MR) is 69.6 cm³/mol. The fourth-order valence-electron chi connectivity index (χ4n) is 2.23. The summed E-state index contributed by atoms with van der Waals surface area (Å²) >= 11 is 0. The third-order valence-electron chi connectivity index (χ3n) is 3.22. The number of benzene rings is 1. The summed E-state index contributed by atoms with van der Waals surface area (Å²) in [7, 11) is 0. The van der Waals surface area contributed by atoms with E-state index in [2.05, 4.69) is 0 Å². The second-order valence-corrected chi connectivity index (χ2v) is 4.69. The molecule has 0 spiro atoms. The standard InChI is InChI=1S/C12H13N3O5/c13-12(18)8-1-2-9(15(19)20)10(4-8)14-5-7(6-14)3-11(16)17/h1-2,4,7H,3,5-6H2,(H2,13,18)(H,16,17). The molecule has 1 aliphatic rings. The molecular weight excluding hydrogens is 266 g/mol. The van der Waals surface area contributed by atoms with Crippen molar-refractivity contribution in [1.82, 2.24) is 0 Å². The van der Waals surface area contributed by atoms with Crippen molar-refractivity contribution in [2.45, 2.75) is 6.42 Å². The number of rotatable bonds is 5. The van der Waals surface area contributed by atoms with E-state index in [1.54, 1.807) is 4.90 Å². The highest BCUT2D eigenvalue weighted by atomic mass is 16.6. The lowest BCUT2D eigenvalue weighted by molar-refractivity contribution is -0.384. The summed E-state index contributed by atoms with van der Waals surface area (Å²) in [6.45, 7) is 0.824. The zero-order valence-corrected chi connectivity index (χ0v) is 10.5. The highest BCUT2D eigenvalue weighted by Crippen LogP contribution is 2.34. The van der Waals surface area contributed by atoms with Gasteiger partial charge in [0, 0.05) is 30.6 Å². The van der Waals surface area contributed by atoms with Gasteiger partial charge in [-0.15, -0.1) is 0 Å². The molecule has 1 fully saturated rings. The first kappa shape index (κ1) is 13.8. The van der Waals surface area contributed by atoms with Gasteiger partial charge in [-0.25, -0.2) is 0 Å². The van der Waals surface area contributed by atoms with Crippen molar-refractivity contribution in [3.63, 3.8) is 0 Å². The van der Waals surface area contributed by atoms with Gasteiger partial charge in [0.15, 0.2) is 0 Å². The van der Waals surface area contributed by atoms with Gasteiger partial charge in [0.2, 0.25) is 5.91 Å². The highest BCUT2D eigenvalue weighted by Gasteiger charge is 2.32. The molecule has 0 bridgehead atoms. The van der Waals surface area contributed by atoms with Gasteiger partial charge < -0.3 is 15.7 Å². The fourth-order valence-corrected chi connectivity index (χ4v) is 2.23. The van der Waals surface area contributed by atoms with Crippen molar-refractivity contribution in [3.8, 4) is 0 Å². The summed E-state index contributed by atoms with van der Waals surface area (Å²) in [5.74, 6) is -1.59. The normalized spacial score (nSPS) is 14.7. The molecule has 1 aliphatic heterocycles. The maximum absolute atomic E-state index is 11.1. The first-order valence-electron chi connectivity index (χ1n) is 5.93. The number of nitrogens with zero attached hydrogens (tertiary/aromatic N) is 2. The van der Waals surface area contributed by atoms with Gasteiger partial charge in [-0.05, 0) is 12.1 Å². The molecule has 20 heavy (non-hydrogen) atoms. The van der Waals surface area contributed by atoms with Crippen LogP contribution in [0.2, 0.25) is 0 Å². The Balaban J connectivity index is 2.22. The highest BCUT2D eigenvalue weighted by molar-refractivity contribution is 5.94. The lowest BCUT2D eigenvalue weighted by Crippen LogP contribution is -2.47. The van der Waals surface area contributed by atoms with Crippen LogP contribution in [0.3, 0.4) is 0 Å². The number of anilines is 1. The monoisotopic (exact) mass is 279 g/mol. The number of primary amides is 1. The zero-order valence-electron chi connectivity index (χ0n) is 10.5. The Hall–Kier alpha value is -2.64. The maximum atomic E-state index is 11.1. The van der Waals surface area contributed by atoms with E-state index in [4.69, 9.17) is 10.8 Å². The Labute approximate surface area is 113 Å². The van der Waals surface area contributed by atoms with Gasteiger partial charge in [0.25, 0.3) is 5.69 Å². The number of nitro benzene ring substituents is 1. The van der Waals surface area contributed by atoms with Crippen LogP contribution in [0, 0.1) is 16.0 Å². The molecule has 0 aliphatic carbocycles. The van der Waals surface area contributed by atoms with E-state index in [1.807, 2.05) is 0 Å². The van der Waals surface area contributed by atoms with Gasteiger partial charge in [0.1, 0.15) is 5.69 Å². The average molecular weight is 279 g/mol. The van der Waals surface area contributed by atoms with E-state index in [-0.39, 0.29) is 23.6 Å². The van der Waals surface area contributed by atoms with Crippen LogP contribution >= 0.6 is 0 Å². The maximum Gasteiger partial charge on any atom is 0.303 e. The molecule has 1 aromatic rings. The van der Waals surface area contributed by atoms with Crippen LogP contribution in [0.25, 0.3) is 0 Å². The topological polar surface area (TPSA) is 127 Å². The summed E-state index contributed by atoms with van der Waals surface area (Å²) in [5, 5.41) is 19.7. The third kappa shape index (κ3) is 2.68. The molecule has 0 radical (unpaired) electrons. The SMILES string of the molecule is NC(=O)c1ccc([N+](=O)[O-])c(N2CC(CC(=O)O)C2)c1. The van der Waals surface area contributed by atoms with Crippen molar-refractivity contribution in [3.05, 3.63) is 33.9 Å². The number of aliphatic carboxylic acids is 1. The lowest BCUT2D eigenvalue weighted by Gasteiger charge is -2.40. The second-order valence-electron chi connectivity index (χ2n) is 4.69. The molecule has 2 rings (SSSR count). The molecule has 0 unspecified atom stereocenters. The summed E-state index contributed by atoms with van der Waals surface area (Å²) in [5.41, 5.74) is 5.52. The Morgan fingerprint density at radius 2 is 2.10 bits per heavy atom. The van der Waals surface area contributed by atoms with Crippen LogP contribution in [-0.4, -0.2) is 35.0 Å². The Morgan fingerprint density at radius 3 is 2.60 bits per heavy atom. The van der Waals surface area contributed by atoms with Crippen molar-refractivity contribution in [2.24, 2.45) is 11.7 Å². The minimum absolute atomic E-state index is 0.0276. The molecule has 1 saturated heterocycles. The molecule has 8 heteroatoms. The molecule has 8 nitrogen and oxygen atoms in total. The molecule has 3 N–H and O–H groups in total. The lowest BCUT2D eigenvalue weighted by atomic mass is 9.95. The summed E-state index contributed by atoms with van der Waals surface area (Å²) in [6, 6.07) is 3.91. The Morgan fingerprint density at radius 1 is 1.45 bits per heavy atom. The van der Waals surface area contributed by atoms with Crippen LogP contribution in [0.15, 0.2) is 18.2 Å². The van der Waals surface area contributed by atoms with Crippen molar-refractivity contribution < 1.29 is 19.6 Å². The van der Waals surface area contributed by atoms with Crippen LogP contribution in [-0.2, 0) is 4.79 Å². The van der Waals surface area contributed by atoms with E-state index in [9.17, 15) is 19.7 Å². The minimum Gasteiger partial charge on any atom is -0.481 e. The summed E-state index contributed by atoms with van der Waals surface area (Å²) in [4.78, 5) is 33.8. The van der Waals surface area contributed by atoms with E-state index in [0.29, 0.717) is 18.8 Å². The van der Waals surface area contributed by atoms with Gasteiger partial charge in [-0.2, -0.15) is 0 Å². The van der Waals surface area contributed by atoms with Crippen LogP contribution in [0.5, 0.6) is 0 Å². The summed E-state index contributed by atoms with van der Waals surface area (Å²) < 4.78 is 0. The van der Waals surface area contributed by atoms with Gasteiger partial charge in [0.05, 0.1) is 11.3 Å². The molecular formula is C12H13N3O5. The number of carbonyl (C=O) groups excluding carboxylic acids is 1. The van der Waals surface area contributed by atoms with Crippen molar-refractivity contribution >= 4 is 23.3 Å². The van der Waals surface area contributed by atoms with Crippen LogP contribution in [0.4, 0.5) is 11.4 Å². The average Bonchev–Trinajstić information content (AvgIpc) is 2.32. The van der Waals surface area contributed by atoms with Crippen molar-refractivity contribution in [2.75, 3.05) is 18.0 Å². The first-order valence-corrected chi connectivity index (χ1v) is 5.93. The Kier molecular flexibility index (Phi) is 3.55. The zero-order chi connectivity index (χ0) is 14.9. The molecule has 0 atom stereocenters. The number of hydrogen-bond acceptors (Lipinski definition) is 5. The number of carboxylic acids is 1. The molecule has 1 heterocycles. The molecule has 1 amide bonds. The van der Waals surface area contributed by atoms with Gasteiger partial charge >= 0.3 is 5.97 Å². The molecule has 1 aromatic carbocycles. The number of hydrogen-bond donors (Lipinski definition) is 2. The number of carbonyl (C=O) groups is 2. The largest absolute Gasteiger partial charge is 0.481 e. The minimum atomic E-state index is -0.893. The van der Waals surface area contributed by atoms with Gasteiger partial charge in [-0.1, -0.05) is 0 Å². The van der Waals surface area contributed by atoms with Crippen LogP contribution in [0.1, 0.15) is 16.8 Å². The molecule has 106 valence electrons. The predicted octanol–water partition coefficient (Wildman–Crippen LogP) is 0.605. The molecule has 0 aromatic heterocycles. The first-order chi connectivity index (χ1) is 9.38. The number of amides is 1. The number of nitrogens with two attached hydrogens (primary N) is 1. The third-order valence-corrected chi connectivity index (χ3v) is 3.22. The second kappa shape index (κ2) is 5.16.